The molecule has 0 aliphatic heterocycles. The predicted molar refractivity (Wildman–Crippen MR) is 68.4 cm³/mol. The van der Waals surface area contributed by atoms with Crippen LogP contribution in [0.15, 0.2) is 17.0 Å². The second-order valence-corrected chi connectivity index (χ2v) is 4.85. The molecule has 1 aromatic rings. The van der Waals surface area contributed by atoms with Gasteiger partial charge < -0.3 is 4.74 Å². The standard InChI is InChI=1S/C13H12F3NO2S/c1-3-8-5-10(12(18)19-4-2)9(7-17)6-11(8)20-13(14,15)16/h5-6H,3-4H2,1-2H3. The summed E-state index contributed by atoms with van der Waals surface area (Å²) in [5.74, 6) is -0.706. The molecule has 3 nitrogen and oxygen atoms in total. The lowest BCUT2D eigenvalue weighted by molar-refractivity contribution is -0.0328. The summed E-state index contributed by atoms with van der Waals surface area (Å²) < 4.78 is 42.2. The predicted octanol–water partition coefficient (Wildman–Crippen LogP) is 3.91. The molecule has 1 rings (SSSR count). The van der Waals surface area contributed by atoms with Crippen LogP contribution >= 0.6 is 11.8 Å². The van der Waals surface area contributed by atoms with E-state index in [0.717, 1.165) is 6.07 Å². The number of aryl methyl sites for hydroxylation is 1. The van der Waals surface area contributed by atoms with Crippen LogP contribution in [0, 0.1) is 11.3 Å². The third kappa shape index (κ3) is 4.17. The number of alkyl halides is 3. The smallest absolute Gasteiger partial charge is 0.446 e. The van der Waals surface area contributed by atoms with Crippen molar-refractivity contribution in [2.45, 2.75) is 30.7 Å². The largest absolute Gasteiger partial charge is 0.462 e. The summed E-state index contributed by atoms with van der Waals surface area (Å²) in [7, 11) is 0. The van der Waals surface area contributed by atoms with Crippen LogP contribution in [0.3, 0.4) is 0 Å². The van der Waals surface area contributed by atoms with Crippen molar-refractivity contribution in [2.24, 2.45) is 0 Å². The lowest BCUT2D eigenvalue weighted by Gasteiger charge is -2.13. The highest BCUT2D eigenvalue weighted by molar-refractivity contribution is 8.00. The minimum absolute atomic E-state index is 0.00211. The van der Waals surface area contributed by atoms with Crippen molar-refractivity contribution in [1.29, 1.82) is 5.26 Å². The van der Waals surface area contributed by atoms with E-state index in [9.17, 15) is 18.0 Å². The Morgan fingerprint density at radius 1 is 1.40 bits per heavy atom. The number of nitriles is 1. The van der Waals surface area contributed by atoms with Gasteiger partial charge in [0.15, 0.2) is 0 Å². The van der Waals surface area contributed by atoms with Crippen molar-refractivity contribution in [1.82, 2.24) is 0 Å². The van der Waals surface area contributed by atoms with E-state index in [1.165, 1.54) is 6.07 Å². The number of hydrogen-bond acceptors (Lipinski definition) is 4. The molecule has 0 aliphatic carbocycles. The number of rotatable bonds is 4. The number of hydrogen-bond donors (Lipinski definition) is 0. The monoisotopic (exact) mass is 303 g/mol. The molecule has 0 aromatic heterocycles. The van der Waals surface area contributed by atoms with E-state index in [1.54, 1.807) is 19.9 Å². The van der Waals surface area contributed by atoms with E-state index in [1.807, 2.05) is 0 Å². The lowest BCUT2D eigenvalue weighted by atomic mass is 10.0. The van der Waals surface area contributed by atoms with Gasteiger partial charge in [0.2, 0.25) is 0 Å². The molecule has 0 saturated carbocycles. The van der Waals surface area contributed by atoms with Gasteiger partial charge in [-0.2, -0.15) is 18.4 Å². The van der Waals surface area contributed by atoms with Crippen LogP contribution in [0.2, 0.25) is 0 Å². The van der Waals surface area contributed by atoms with Crippen LogP contribution in [-0.4, -0.2) is 18.1 Å². The van der Waals surface area contributed by atoms with Crippen LogP contribution in [0.25, 0.3) is 0 Å². The van der Waals surface area contributed by atoms with Gasteiger partial charge in [0.05, 0.1) is 17.7 Å². The Bertz CT molecular complexity index is 550. The second-order valence-electron chi connectivity index (χ2n) is 3.74. The number of halogens is 3. The Kier molecular flexibility index (Phi) is 5.45. The highest BCUT2D eigenvalue weighted by Gasteiger charge is 2.31. The normalized spacial score (nSPS) is 11.0. The third-order valence-electron chi connectivity index (χ3n) is 2.42. The molecule has 0 unspecified atom stereocenters. The van der Waals surface area contributed by atoms with E-state index in [4.69, 9.17) is 10.00 Å². The number of carbonyl (C=O) groups is 1. The first-order chi connectivity index (χ1) is 9.32. The molecule has 0 fully saturated rings. The number of carbonyl (C=O) groups excluding carboxylic acids is 1. The molecule has 0 spiro atoms. The summed E-state index contributed by atoms with van der Waals surface area (Å²) in [5, 5.41) is 8.97. The van der Waals surface area contributed by atoms with E-state index >= 15 is 0 Å². The molecule has 0 saturated heterocycles. The number of nitrogens with zero attached hydrogens (tertiary/aromatic N) is 1. The van der Waals surface area contributed by atoms with Gasteiger partial charge in [0.25, 0.3) is 0 Å². The Labute approximate surface area is 118 Å². The molecule has 0 bridgehead atoms. The Morgan fingerprint density at radius 3 is 2.50 bits per heavy atom. The van der Waals surface area contributed by atoms with E-state index in [2.05, 4.69) is 0 Å². The molecule has 0 N–H and O–H groups in total. The first-order valence-electron chi connectivity index (χ1n) is 5.82. The van der Waals surface area contributed by atoms with Gasteiger partial charge in [0, 0.05) is 4.90 Å². The SMILES string of the molecule is CCOC(=O)c1cc(CC)c(SC(F)(F)F)cc1C#N. The van der Waals surface area contributed by atoms with Crippen LogP contribution in [0.5, 0.6) is 0 Å². The average molecular weight is 303 g/mol. The van der Waals surface area contributed by atoms with Crippen LogP contribution < -0.4 is 0 Å². The maximum absolute atomic E-state index is 12.5. The fourth-order valence-corrected chi connectivity index (χ4v) is 2.35. The zero-order chi connectivity index (χ0) is 15.3. The summed E-state index contributed by atoms with van der Waals surface area (Å²) in [5.41, 5.74) is -4.21. The second kappa shape index (κ2) is 6.66. The minimum atomic E-state index is -4.44. The van der Waals surface area contributed by atoms with Crippen molar-refractivity contribution >= 4 is 17.7 Å². The first-order valence-corrected chi connectivity index (χ1v) is 6.63. The molecular formula is C13H12F3NO2S. The summed E-state index contributed by atoms with van der Waals surface area (Å²) in [6.07, 6.45) is 0.316. The van der Waals surface area contributed by atoms with E-state index < -0.39 is 11.5 Å². The summed E-state index contributed by atoms with van der Waals surface area (Å²) in [6, 6.07) is 4.11. The molecular weight excluding hydrogens is 291 g/mol. The molecule has 0 radical (unpaired) electrons. The van der Waals surface area contributed by atoms with Crippen molar-refractivity contribution in [3.63, 3.8) is 0 Å². The third-order valence-corrected chi connectivity index (χ3v) is 3.25. The Hall–Kier alpha value is -1.68. The number of ether oxygens (including phenoxy) is 1. The maximum atomic E-state index is 12.5. The van der Waals surface area contributed by atoms with Crippen molar-refractivity contribution in [2.75, 3.05) is 6.61 Å². The van der Waals surface area contributed by atoms with Gasteiger partial charge in [-0.1, -0.05) is 6.92 Å². The van der Waals surface area contributed by atoms with E-state index in [0.29, 0.717) is 12.0 Å². The first kappa shape index (κ1) is 16.4. The fourth-order valence-electron chi connectivity index (χ4n) is 1.59. The molecule has 7 heteroatoms. The summed E-state index contributed by atoms with van der Waals surface area (Å²) in [4.78, 5) is 11.6. The zero-order valence-corrected chi connectivity index (χ0v) is 11.7. The van der Waals surface area contributed by atoms with Gasteiger partial charge in [-0.15, -0.1) is 0 Å². The van der Waals surface area contributed by atoms with Crippen molar-refractivity contribution in [3.8, 4) is 6.07 Å². The molecule has 0 aliphatic rings. The molecule has 20 heavy (non-hydrogen) atoms. The Morgan fingerprint density at radius 2 is 2.05 bits per heavy atom. The maximum Gasteiger partial charge on any atom is 0.446 e. The van der Waals surface area contributed by atoms with Crippen LogP contribution in [0.4, 0.5) is 13.2 Å². The van der Waals surface area contributed by atoms with Gasteiger partial charge in [-0.05, 0) is 42.8 Å². The number of benzene rings is 1. The molecule has 0 amide bonds. The fraction of sp³-hybridized carbons (Fsp3) is 0.385. The molecule has 1 aromatic carbocycles. The summed E-state index contributed by atoms with van der Waals surface area (Å²) >= 11 is -0.288. The van der Waals surface area contributed by atoms with E-state index in [-0.39, 0.29) is 34.4 Å². The van der Waals surface area contributed by atoms with Crippen LogP contribution in [0.1, 0.15) is 35.3 Å². The molecule has 0 atom stereocenters. The quantitative estimate of drug-likeness (QED) is 0.625. The zero-order valence-electron chi connectivity index (χ0n) is 10.9. The lowest BCUT2D eigenvalue weighted by Crippen LogP contribution is -2.09. The molecule has 108 valence electrons. The Balaban J connectivity index is 3.31. The number of esters is 1. The average Bonchev–Trinajstić information content (AvgIpc) is 2.36. The topological polar surface area (TPSA) is 50.1 Å². The number of thioether (sulfide) groups is 1. The summed E-state index contributed by atoms with van der Waals surface area (Å²) in [6.45, 7) is 3.42. The van der Waals surface area contributed by atoms with Gasteiger partial charge in [0.1, 0.15) is 6.07 Å². The van der Waals surface area contributed by atoms with Crippen LogP contribution in [-0.2, 0) is 11.2 Å². The minimum Gasteiger partial charge on any atom is -0.462 e. The highest BCUT2D eigenvalue weighted by Crippen LogP contribution is 2.39. The van der Waals surface area contributed by atoms with Gasteiger partial charge >= 0.3 is 11.5 Å². The van der Waals surface area contributed by atoms with Gasteiger partial charge in [-0.25, -0.2) is 4.79 Å². The van der Waals surface area contributed by atoms with Crippen molar-refractivity contribution < 1.29 is 22.7 Å². The van der Waals surface area contributed by atoms with Gasteiger partial charge in [-0.3, -0.25) is 0 Å². The highest BCUT2D eigenvalue weighted by atomic mass is 32.2. The molecule has 0 heterocycles. The van der Waals surface area contributed by atoms with Crippen molar-refractivity contribution in [3.05, 3.63) is 28.8 Å².